The predicted octanol–water partition coefficient (Wildman–Crippen LogP) is 6.50. The van der Waals surface area contributed by atoms with Crippen molar-refractivity contribution in [2.75, 3.05) is 6.54 Å². The summed E-state index contributed by atoms with van der Waals surface area (Å²) in [6.45, 7) is 6.92. The van der Waals surface area contributed by atoms with Gasteiger partial charge in [0.05, 0.1) is 0 Å². The number of carboxylic acids is 2. The normalized spacial score (nSPS) is 13.5. The van der Waals surface area contributed by atoms with Crippen LogP contribution in [0.5, 0.6) is 0 Å². The largest absolute Gasteiger partial charge is 0.481 e. The van der Waals surface area contributed by atoms with Crippen molar-refractivity contribution < 1.29 is 19.8 Å². The summed E-state index contributed by atoms with van der Waals surface area (Å²) >= 11 is 0. The van der Waals surface area contributed by atoms with Gasteiger partial charge in [-0.1, -0.05) is 97.3 Å². The summed E-state index contributed by atoms with van der Waals surface area (Å²) in [7, 11) is 0. The van der Waals surface area contributed by atoms with Crippen LogP contribution < -0.4 is 0 Å². The summed E-state index contributed by atoms with van der Waals surface area (Å²) in [5, 5.41) is 18.3. The maximum absolute atomic E-state index is 11.6. The Labute approximate surface area is 179 Å². The van der Waals surface area contributed by atoms with Crippen molar-refractivity contribution in [3.8, 4) is 0 Å². The molecular formula is C24H47NO4. The Morgan fingerprint density at radius 3 is 1.55 bits per heavy atom. The molecule has 172 valence electrons. The van der Waals surface area contributed by atoms with E-state index in [9.17, 15) is 14.7 Å². The average Bonchev–Trinajstić information content (AvgIpc) is 2.68. The van der Waals surface area contributed by atoms with Gasteiger partial charge in [-0.15, -0.1) is 0 Å². The predicted molar refractivity (Wildman–Crippen MR) is 120 cm³/mol. The van der Waals surface area contributed by atoms with Crippen LogP contribution in [0.4, 0.5) is 0 Å². The fourth-order valence-electron chi connectivity index (χ4n) is 4.15. The van der Waals surface area contributed by atoms with Gasteiger partial charge in [0, 0.05) is 12.5 Å². The van der Waals surface area contributed by atoms with Gasteiger partial charge < -0.3 is 10.2 Å². The highest BCUT2D eigenvalue weighted by molar-refractivity contribution is 5.75. The average molecular weight is 414 g/mol. The minimum Gasteiger partial charge on any atom is -0.481 e. The van der Waals surface area contributed by atoms with E-state index in [1.807, 2.05) is 11.8 Å². The highest BCUT2D eigenvalue weighted by Crippen LogP contribution is 2.18. The van der Waals surface area contributed by atoms with Gasteiger partial charge in [0.15, 0.2) is 0 Å². The van der Waals surface area contributed by atoms with Crippen molar-refractivity contribution in [1.29, 1.82) is 0 Å². The zero-order chi connectivity index (χ0) is 21.9. The minimum atomic E-state index is -0.934. The van der Waals surface area contributed by atoms with Crippen molar-refractivity contribution in [2.24, 2.45) is 0 Å². The second-order valence-electron chi connectivity index (χ2n) is 8.50. The van der Waals surface area contributed by atoms with E-state index < -0.39 is 18.0 Å². The lowest BCUT2D eigenvalue weighted by Crippen LogP contribution is -2.46. The zero-order valence-corrected chi connectivity index (χ0v) is 19.3. The number of hydrogen-bond donors (Lipinski definition) is 2. The Hall–Kier alpha value is -1.10. The van der Waals surface area contributed by atoms with Crippen LogP contribution in [0, 0.1) is 0 Å². The smallest absolute Gasteiger partial charge is 0.320 e. The van der Waals surface area contributed by atoms with Crippen LogP contribution in [-0.4, -0.2) is 45.7 Å². The van der Waals surface area contributed by atoms with Crippen LogP contribution in [0.3, 0.4) is 0 Å². The van der Waals surface area contributed by atoms with Crippen LogP contribution >= 0.6 is 0 Å². The number of nitrogens with zero attached hydrogens (tertiary/aromatic N) is 1. The summed E-state index contributed by atoms with van der Waals surface area (Å²) < 4.78 is 0. The van der Waals surface area contributed by atoms with E-state index in [1.54, 1.807) is 0 Å². The topological polar surface area (TPSA) is 77.8 Å². The van der Waals surface area contributed by atoms with E-state index in [-0.39, 0.29) is 18.9 Å². The quantitative estimate of drug-likeness (QED) is 0.210. The van der Waals surface area contributed by atoms with Crippen LogP contribution in [0.25, 0.3) is 0 Å². The maximum atomic E-state index is 11.6. The molecule has 2 N–H and O–H groups in total. The lowest BCUT2D eigenvalue weighted by atomic mass is 10.0. The highest BCUT2D eigenvalue weighted by atomic mass is 16.4. The fourth-order valence-corrected chi connectivity index (χ4v) is 4.15. The molecule has 5 heteroatoms. The molecule has 0 aromatic rings. The number of carboxylic acid groups (broad SMARTS) is 2. The van der Waals surface area contributed by atoms with Crippen molar-refractivity contribution in [1.82, 2.24) is 4.90 Å². The molecule has 0 spiro atoms. The molecule has 29 heavy (non-hydrogen) atoms. The molecule has 1 unspecified atom stereocenters. The summed E-state index contributed by atoms with van der Waals surface area (Å²) in [4.78, 5) is 24.3. The number of hydrogen-bond acceptors (Lipinski definition) is 3. The van der Waals surface area contributed by atoms with E-state index in [4.69, 9.17) is 5.11 Å². The zero-order valence-electron chi connectivity index (χ0n) is 19.3. The molecule has 0 amide bonds. The van der Waals surface area contributed by atoms with Gasteiger partial charge in [-0.25, -0.2) is 0 Å². The van der Waals surface area contributed by atoms with Gasteiger partial charge in [-0.05, 0) is 26.3 Å². The van der Waals surface area contributed by atoms with Gasteiger partial charge >= 0.3 is 11.9 Å². The Balaban J connectivity index is 3.82. The van der Waals surface area contributed by atoms with Crippen molar-refractivity contribution >= 4 is 11.9 Å². The molecule has 0 rings (SSSR count). The standard InChI is InChI=1S/C24H47NO4/c1-4-6-7-8-9-10-11-12-13-14-15-16-17-18-21(3)25(5-2)22(24(28)29)19-20-23(26)27/h21-22H,4-20H2,1-3H3,(H,26,27)(H,28,29)/t21?,22-/m0/s1. The van der Waals surface area contributed by atoms with Crippen molar-refractivity contribution in [3.63, 3.8) is 0 Å². The lowest BCUT2D eigenvalue weighted by molar-refractivity contribution is -0.145. The second kappa shape index (κ2) is 18.9. The second-order valence-corrected chi connectivity index (χ2v) is 8.50. The minimum absolute atomic E-state index is 0.0983. The van der Waals surface area contributed by atoms with Crippen LogP contribution in [-0.2, 0) is 9.59 Å². The molecular weight excluding hydrogens is 366 g/mol. The molecule has 5 nitrogen and oxygen atoms in total. The number of rotatable bonds is 21. The Bertz CT molecular complexity index is 414. The summed E-state index contributed by atoms with van der Waals surface area (Å²) in [5.41, 5.74) is 0. The Morgan fingerprint density at radius 1 is 0.724 bits per heavy atom. The van der Waals surface area contributed by atoms with E-state index in [2.05, 4.69) is 13.8 Å². The molecule has 0 fully saturated rings. The monoisotopic (exact) mass is 413 g/mol. The molecule has 0 aromatic heterocycles. The molecule has 0 aromatic carbocycles. The molecule has 0 aliphatic heterocycles. The summed E-state index contributed by atoms with van der Waals surface area (Å²) in [6.07, 6.45) is 18.3. The molecule has 0 saturated heterocycles. The molecule has 0 bridgehead atoms. The van der Waals surface area contributed by atoms with Crippen molar-refractivity contribution in [3.05, 3.63) is 0 Å². The van der Waals surface area contributed by atoms with E-state index in [1.165, 1.54) is 77.0 Å². The van der Waals surface area contributed by atoms with Crippen LogP contribution in [0.15, 0.2) is 0 Å². The summed E-state index contributed by atoms with van der Waals surface area (Å²) in [5.74, 6) is -1.85. The first kappa shape index (κ1) is 27.9. The fraction of sp³-hybridized carbons (Fsp3) is 0.917. The number of carbonyl (C=O) groups is 2. The SMILES string of the molecule is CCCCCCCCCCCCCCCC(C)N(CC)[C@@H](CCC(=O)O)C(=O)O. The van der Waals surface area contributed by atoms with Crippen molar-refractivity contribution in [2.45, 2.75) is 136 Å². The number of unbranched alkanes of at least 4 members (excludes halogenated alkanes) is 12. The van der Waals surface area contributed by atoms with E-state index >= 15 is 0 Å². The molecule has 0 radical (unpaired) electrons. The first-order valence-corrected chi connectivity index (χ1v) is 12.1. The Morgan fingerprint density at radius 2 is 1.17 bits per heavy atom. The number of likely N-dealkylation sites (N-methyl/N-ethyl adjacent to an activating group) is 1. The third kappa shape index (κ3) is 15.4. The molecule has 2 atom stereocenters. The molecule has 0 saturated carbocycles. The van der Waals surface area contributed by atoms with Crippen LogP contribution in [0.1, 0.15) is 124 Å². The Kier molecular flexibility index (Phi) is 18.2. The van der Waals surface area contributed by atoms with Gasteiger partial charge in [0.25, 0.3) is 0 Å². The maximum Gasteiger partial charge on any atom is 0.320 e. The molecule has 0 aliphatic carbocycles. The highest BCUT2D eigenvalue weighted by Gasteiger charge is 2.28. The summed E-state index contributed by atoms with van der Waals surface area (Å²) in [6, 6.07) is -0.532. The molecule has 0 aliphatic rings. The first-order chi connectivity index (χ1) is 13.9. The first-order valence-electron chi connectivity index (χ1n) is 12.1. The van der Waals surface area contributed by atoms with Gasteiger partial charge in [0.1, 0.15) is 6.04 Å². The lowest BCUT2D eigenvalue weighted by Gasteiger charge is -2.33. The third-order valence-electron chi connectivity index (χ3n) is 5.97. The van der Waals surface area contributed by atoms with E-state index in [0.29, 0.717) is 6.54 Å². The van der Waals surface area contributed by atoms with Gasteiger partial charge in [-0.2, -0.15) is 0 Å². The number of aliphatic carboxylic acids is 2. The van der Waals surface area contributed by atoms with E-state index in [0.717, 1.165) is 12.8 Å². The van der Waals surface area contributed by atoms with Gasteiger partial charge in [0.2, 0.25) is 0 Å². The molecule has 0 heterocycles. The van der Waals surface area contributed by atoms with Crippen LogP contribution in [0.2, 0.25) is 0 Å². The van der Waals surface area contributed by atoms with Gasteiger partial charge in [-0.3, -0.25) is 14.5 Å². The third-order valence-corrected chi connectivity index (χ3v) is 5.97.